The molecule has 0 amide bonds. The average molecular weight is 269 g/mol. The van der Waals surface area contributed by atoms with E-state index in [0.29, 0.717) is 0 Å². The molecule has 0 unspecified atom stereocenters. The minimum absolute atomic E-state index is 0.806. The topological polar surface area (TPSA) is 54.8 Å². The molecule has 20 heavy (non-hydrogen) atoms. The minimum atomic E-state index is 0.806. The molecule has 104 valence electrons. The highest BCUT2D eigenvalue weighted by Crippen LogP contribution is 2.22. The third kappa shape index (κ3) is 2.48. The Morgan fingerprint density at radius 1 is 1.20 bits per heavy atom. The lowest BCUT2D eigenvalue weighted by atomic mass is 10.1. The second-order valence-electron chi connectivity index (χ2n) is 5.20. The molecule has 0 aliphatic carbocycles. The monoisotopic (exact) mass is 269 g/mol. The lowest BCUT2D eigenvalue weighted by Crippen LogP contribution is -2.32. The molecule has 2 aromatic rings. The molecule has 5 heteroatoms. The maximum Gasteiger partial charge on any atom is 0.132 e. The third-order valence-electron chi connectivity index (χ3n) is 3.59. The molecular formula is C15H19N5. The summed E-state index contributed by atoms with van der Waals surface area (Å²) in [7, 11) is 0. The first-order valence-electron chi connectivity index (χ1n) is 7.06. The van der Waals surface area contributed by atoms with Crippen molar-refractivity contribution in [2.45, 2.75) is 40.2 Å². The molecule has 2 aromatic heterocycles. The van der Waals surface area contributed by atoms with Crippen LogP contribution in [0, 0.1) is 13.8 Å². The molecule has 1 aliphatic rings. The van der Waals surface area contributed by atoms with Crippen LogP contribution >= 0.6 is 0 Å². The van der Waals surface area contributed by atoms with Crippen LogP contribution in [0.25, 0.3) is 0 Å². The molecule has 0 aromatic carbocycles. The summed E-state index contributed by atoms with van der Waals surface area (Å²) >= 11 is 0. The van der Waals surface area contributed by atoms with Gasteiger partial charge in [0, 0.05) is 30.9 Å². The number of anilines is 1. The van der Waals surface area contributed by atoms with Gasteiger partial charge in [-0.15, -0.1) is 0 Å². The van der Waals surface area contributed by atoms with Crippen molar-refractivity contribution in [3.63, 3.8) is 0 Å². The van der Waals surface area contributed by atoms with Crippen molar-refractivity contribution in [1.82, 2.24) is 19.9 Å². The van der Waals surface area contributed by atoms with E-state index in [9.17, 15) is 0 Å². The van der Waals surface area contributed by atoms with E-state index in [4.69, 9.17) is 0 Å². The van der Waals surface area contributed by atoms with Crippen molar-refractivity contribution in [3.8, 4) is 0 Å². The van der Waals surface area contributed by atoms with Crippen LogP contribution in [0.1, 0.15) is 35.5 Å². The predicted octanol–water partition coefficient (Wildman–Crippen LogP) is 2.01. The van der Waals surface area contributed by atoms with Crippen molar-refractivity contribution in [1.29, 1.82) is 0 Å². The summed E-state index contributed by atoms with van der Waals surface area (Å²) in [5.41, 5.74) is 3.41. The number of rotatable bonds is 2. The second kappa shape index (κ2) is 5.15. The summed E-state index contributed by atoms with van der Waals surface area (Å²) in [6, 6.07) is 2.04. The van der Waals surface area contributed by atoms with Gasteiger partial charge in [-0.05, 0) is 25.8 Å². The molecule has 0 atom stereocenters. The Morgan fingerprint density at radius 2 is 2.05 bits per heavy atom. The fourth-order valence-electron chi connectivity index (χ4n) is 2.57. The van der Waals surface area contributed by atoms with Gasteiger partial charge in [-0.2, -0.15) is 0 Å². The van der Waals surface area contributed by atoms with E-state index in [1.54, 1.807) is 0 Å². The zero-order valence-corrected chi connectivity index (χ0v) is 12.2. The van der Waals surface area contributed by atoms with Gasteiger partial charge >= 0.3 is 0 Å². The molecule has 5 nitrogen and oxygen atoms in total. The van der Waals surface area contributed by atoms with Gasteiger partial charge in [0.25, 0.3) is 0 Å². The fraction of sp³-hybridized carbons (Fsp3) is 0.467. The number of hydrogen-bond donors (Lipinski definition) is 0. The van der Waals surface area contributed by atoms with Gasteiger partial charge in [0.2, 0.25) is 0 Å². The molecule has 0 fully saturated rings. The first-order chi connectivity index (χ1) is 9.65. The van der Waals surface area contributed by atoms with Gasteiger partial charge in [0.05, 0.1) is 12.2 Å². The summed E-state index contributed by atoms with van der Waals surface area (Å²) in [4.78, 5) is 20.2. The summed E-state index contributed by atoms with van der Waals surface area (Å²) in [5.74, 6) is 2.74. The van der Waals surface area contributed by atoms with Gasteiger partial charge < -0.3 is 4.90 Å². The molecule has 0 bridgehead atoms. The molecule has 0 saturated carbocycles. The van der Waals surface area contributed by atoms with Crippen molar-refractivity contribution in [2.24, 2.45) is 0 Å². The summed E-state index contributed by atoms with van der Waals surface area (Å²) in [5, 5.41) is 0. The van der Waals surface area contributed by atoms with E-state index in [1.807, 2.05) is 26.1 Å². The van der Waals surface area contributed by atoms with E-state index in [-0.39, 0.29) is 0 Å². The summed E-state index contributed by atoms with van der Waals surface area (Å²) < 4.78 is 0. The molecule has 3 rings (SSSR count). The van der Waals surface area contributed by atoms with Crippen molar-refractivity contribution >= 4 is 5.82 Å². The highest BCUT2D eigenvalue weighted by Gasteiger charge is 2.19. The molecular weight excluding hydrogens is 250 g/mol. The van der Waals surface area contributed by atoms with E-state index in [0.717, 1.165) is 54.8 Å². The Kier molecular flexibility index (Phi) is 3.34. The normalized spacial score (nSPS) is 14.2. The molecule has 0 radical (unpaired) electrons. The maximum absolute atomic E-state index is 4.66. The lowest BCUT2D eigenvalue weighted by molar-refractivity contribution is 0.681. The maximum atomic E-state index is 4.66. The quantitative estimate of drug-likeness (QED) is 0.834. The zero-order valence-electron chi connectivity index (χ0n) is 12.2. The van der Waals surface area contributed by atoms with Crippen LogP contribution in [-0.4, -0.2) is 26.5 Å². The number of fused-ring (bicyclic) bond motifs is 1. The van der Waals surface area contributed by atoms with Gasteiger partial charge in [-0.25, -0.2) is 19.9 Å². The van der Waals surface area contributed by atoms with Crippen LogP contribution in [0.5, 0.6) is 0 Å². The fourth-order valence-corrected chi connectivity index (χ4v) is 2.57. The van der Waals surface area contributed by atoms with Crippen LogP contribution in [0.15, 0.2) is 12.3 Å². The Morgan fingerprint density at radius 3 is 2.80 bits per heavy atom. The van der Waals surface area contributed by atoms with Gasteiger partial charge in [0.1, 0.15) is 17.5 Å². The Balaban J connectivity index is 1.90. The molecule has 1 aliphatic heterocycles. The van der Waals surface area contributed by atoms with Crippen molar-refractivity contribution in [3.05, 3.63) is 40.9 Å². The summed E-state index contributed by atoms with van der Waals surface area (Å²) in [6.07, 6.45) is 3.83. The number of nitrogens with zero attached hydrogens (tertiary/aromatic N) is 5. The van der Waals surface area contributed by atoms with Gasteiger partial charge in [-0.3, -0.25) is 0 Å². The smallest absolute Gasteiger partial charge is 0.132 e. The largest absolute Gasteiger partial charge is 0.350 e. The first kappa shape index (κ1) is 13.0. The molecule has 3 heterocycles. The Labute approximate surface area is 119 Å². The highest BCUT2D eigenvalue weighted by molar-refractivity contribution is 5.43. The van der Waals surface area contributed by atoms with Crippen LogP contribution in [0.2, 0.25) is 0 Å². The van der Waals surface area contributed by atoms with E-state index in [1.165, 1.54) is 5.56 Å². The van der Waals surface area contributed by atoms with Crippen LogP contribution in [0.3, 0.4) is 0 Å². The zero-order chi connectivity index (χ0) is 14.1. The number of aromatic nitrogens is 4. The van der Waals surface area contributed by atoms with Crippen LogP contribution in [-0.2, 0) is 19.4 Å². The van der Waals surface area contributed by atoms with Gasteiger partial charge in [0.15, 0.2) is 0 Å². The minimum Gasteiger partial charge on any atom is -0.350 e. The second-order valence-corrected chi connectivity index (χ2v) is 5.20. The SMILES string of the molecule is CCc1ncc2c(n1)CN(c1cc(C)nc(C)n1)CC2. The highest BCUT2D eigenvalue weighted by atomic mass is 15.2. The number of aryl methyl sites for hydroxylation is 3. The molecule has 0 spiro atoms. The Bertz CT molecular complexity index is 618. The molecule has 0 N–H and O–H groups in total. The van der Waals surface area contributed by atoms with Crippen LogP contribution in [0.4, 0.5) is 5.82 Å². The first-order valence-corrected chi connectivity index (χ1v) is 7.06. The summed E-state index contributed by atoms with van der Waals surface area (Å²) in [6.45, 7) is 7.79. The standard InChI is InChI=1S/C15H19N5/c1-4-14-16-8-12-5-6-20(9-13(12)19-14)15-7-10(2)17-11(3)18-15/h7-8H,4-6,9H2,1-3H3. The lowest BCUT2D eigenvalue weighted by Gasteiger charge is -2.29. The number of hydrogen-bond acceptors (Lipinski definition) is 5. The average Bonchev–Trinajstić information content (AvgIpc) is 2.45. The van der Waals surface area contributed by atoms with Crippen molar-refractivity contribution < 1.29 is 0 Å². The van der Waals surface area contributed by atoms with Gasteiger partial charge in [-0.1, -0.05) is 6.92 Å². The van der Waals surface area contributed by atoms with E-state index in [2.05, 4.69) is 31.8 Å². The van der Waals surface area contributed by atoms with E-state index >= 15 is 0 Å². The molecule has 0 saturated heterocycles. The van der Waals surface area contributed by atoms with Crippen LogP contribution < -0.4 is 4.90 Å². The third-order valence-corrected chi connectivity index (χ3v) is 3.59. The van der Waals surface area contributed by atoms with Crippen molar-refractivity contribution in [2.75, 3.05) is 11.4 Å². The Hall–Kier alpha value is -2.04. The van der Waals surface area contributed by atoms with E-state index < -0.39 is 0 Å². The predicted molar refractivity (Wildman–Crippen MR) is 77.7 cm³/mol.